The van der Waals surface area contributed by atoms with Gasteiger partial charge in [-0.1, -0.05) is 66.7 Å². The molecule has 0 atom stereocenters. The second kappa shape index (κ2) is 8.25. The van der Waals surface area contributed by atoms with Crippen LogP contribution < -0.4 is 11.1 Å². The van der Waals surface area contributed by atoms with Crippen LogP contribution in [0.4, 0.5) is 0 Å². The molecular weight excluding hydrogens is 442 g/mol. The van der Waals surface area contributed by atoms with E-state index in [0.717, 1.165) is 38.3 Å². The van der Waals surface area contributed by atoms with Crippen LogP contribution in [-0.4, -0.2) is 25.5 Å². The predicted molar refractivity (Wildman–Crippen MR) is 130 cm³/mol. The minimum atomic E-state index is -0.700. The molecule has 1 aliphatic rings. The average Bonchev–Trinajstić information content (AvgIpc) is 3.54. The lowest BCUT2D eigenvalue weighted by atomic mass is 10.1. The van der Waals surface area contributed by atoms with Gasteiger partial charge in [0.25, 0.3) is 5.89 Å². The van der Waals surface area contributed by atoms with Crippen molar-refractivity contribution in [3.05, 3.63) is 112 Å². The number of hydrogen-bond donors (Lipinski definition) is 1. The van der Waals surface area contributed by atoms with E-state index in [4.69, 9.17) is 4.42 Å². The highest BCUT2D eigenvalue weighted by atomic mass is 16.4. The van der Waals surface area contributed by atoms with Crippen LogP contribution in [-0.2, 0) is 11.3 Å². The van der Waals surface area contributed by atoms with Gasteiger partial charge in [-0.15, -0.1) is 5.10 Å². The second-order valence-corrected chi connectivity index (χ2v) is 8.40. The summed E-state index contributed by atoms with van der Waals surface area (Å²) in [5.41, 5.74) is 6.49. The molecule has 1 N–H and O–H groups in total. The first-order valence-electron chi connectivity index (χ1n) is 11.3. The number of nitrogens with zero attached hydrogens (tertiary/aromatic N) is 4. The number of para-hydroxylation sites is 1. The Morgan fingerprint density at radius 2 is 1.54 bits per heavy atom. The van der Waals surface area contributed by atoms with Crippen LogP contribution in [0.15, 0.2) is 94.3 Å². The van der Waals surface area contributed by atoms with E-state index in [1.807, 2.05) is 85.8 Å². The van der Waals surface area contributed by atoms with Crippen LogP contribution >= 0.6 is 0 Å². The zero-order valence-corrected chi connectivity index (χ0v) is 18.9. The van der Waals surface area contributed by atoms with Crippen molar-refractivity contribution >= 4 is 5.91 Å². The van der Waals surface area contributed by atoms with Crippen molar-refractivity contribution in [2.24, 2.45) is 0 Å². The maximum Gasteiger partial charge on any atom is 0.437 e. The molecule has 0 spiro atoms. The summed E-state index contributed by atoms with van der Waals surface area (Å²) >= 11 is 0. The summed E-state index contributed by atoms with van der Waals surface area (Å²) in [5, 5.41) is 11.7. The average molecular weight is 463 g/mol. The maximum atomic E-state index is 13.0. The van der Waals surface area contributed by atoms with Gasteiger partial charge in [-0.3, -0.25) is 4.79 Å². The highest BCUT2D eigenvalue weighted by Gasteiger charge is 2.29. The molecule has 35 heavy (non-hydrogen) atoms. The molecule has 0 bridgehead atoms. The van der Waals surface area contributed by atoms with Crippen molar-refractivity contribution in [1.29, 1.82) is 0 Å². The first kappa shape index (κ1) is 20.9. The van der Waals surface area contributed by atoms with Crippen molar-refractivity contribution in [2.75, 3.05) is 0 Å². The zero-order chi connectivity index (χ0) is 23.9. The number of nitrogens with one attached hydrogen (secondary N) is 1. The second-order valence-electron chi connectivity index (χ2n) is 8.40. The van der Waals surface area contributed by atoms with E-state index in [1.165, 1.54) is 0 Å². The van der Waals surface area contributed by atoms with Crippen LogP contribution in [0.1, 0.15) is 22.9 Å². The molecule has 0 aliphatic heterocycles. The number of carbonyl (C=O) groups excluding carboxylic acids is 1. The van der Waals surface area contributed by atoms with Gasteiger partial charge in [0.15, 0.2) is 0 Å². The molecule has 0 saturated heterocycles. The highest BCUT2D eigenvalue weighted by Crippen LogP contribution is 2.42. The minimum Gasteiger partial charge on any atom is -0.387 e. The fraction of sp³-hybridized carbons (Fsp3) is 0.111. The Balaban J connectivity index is 1.24. The van der Waals surface area contributed by atoms with E-state index in [2.05, 4.69) is 15.5 Å². The highest BCUT2D eigenvalue weighted by molar-refractivity contribution is 5.83. The summed E-state index contributed by atoms with van der Waals surface area (Å²) < 4.78 is 8.16. The van der Waals surface area contributed by atoms with Crippen LogP contribution in [0.3, 0.4) is 0 Å². The normalized spacial score (nSPS) is 12.4. The Hall–Kier alpha value is -4.72. The standard InChI is InChI=1S/C27H21N5O3/c1-17-23(15-28-32(17)18-9-3-2-4-10-18)26-30-31(27(34)35-26)16-24(33)29-25-21-13-7-5-11-19(21)20-12-6-8-14-22(20)25/h2-15,25H,16H2,1H3,(H,29,33). The Kier molecular flexibility index (Phi) is 4.92. The number of carbonyl (C=O) groups is 1. The summed E-state index contributed by atoms with van der Waals surface area (Å²) in [7, 11) is 0. The Bertz CT molecular complexity index is 1570. The number of aromatic nitrogens is 4. The summed E-state index contributed by atoms with van der Waals surface area (Å²) in [6, 6.07) is 25.3. The number of fused-ring (bicyclic) bond motifs is 3. The molecule has 2 aromatic heterocycles. The lowest BCUT2D eigenvalue weighted by molar-refractivity contribution is -0.122. The minimum absolute atomic E-state index is 0.124. The monoisotopic (exact) mass is 463 g/mol. The molecule has 2 heterocycles. The van der Waals surface area contributed by atoms with E-state index in [0.29, 0.717) is 5.56 Å². The van der Waals surface area contributed by atoms with E-state index >= 15 is 0 Å². The van der Waals surface area contributed by atoms with Crippen molar-refractivity contribution < 1.29 is 9.21 Å². The van der Waals surface area contributed by atoms with Gasteiger partial charge in [-0.2, -0.15) is 9.78 Å². The van der Waals surface area contributed by atoms with Crippen molar-refractivity contribution in [3.8, 4) is 28.3 Å². The Morgan fingerprint density at radius 1 is 0.914 bits per heavy atom. The molecule has 1 amide bonds. The lowest BCUT2D eigenvalue weighted by Gasteiger charge is -2.15. The quantitative estimate of drug-likeness (QED) is 0.427. The molecule has 0 saturated carbocycles. The summed E-state index contributed by atoms with van der Waals surface area (Å²) in [6.45, 7) is 1.62. The summed E-state index contributed by atoms with van der Waals surface area (Å²) in [5.74, 6) is -0.909. The molecule has 8 nitrogen and oxygen atoms in total. The molecule has 3 aromatic carbocycles. The van der Waals surface area contributed by atoms with Gasteiger partial charge in [0, 0.05) is 0 Å². The third-order valence-electron chi connectivity index (χ3n) is 6.28. The van der Waals surface area contributed by atoms with Crippen LogP contribution in [0.2, 0.25) is 0 Å². The lowest BCUT2D eigenvalue weighted by Crippen LogP contribution is -2.34. The predicted octanol–water partition coefficient (Wildman–Crippen LogP) is 3.88. The molecule has 1 aliphatic carbocycles. The van der Waals surface area contributed by atoms with Crippen LogP contribution in [0.25, 0.3) is 28.3 Å². The molecule has 0 fully saturated rings. The van der Waals surface area contributed by atoms with E-state index in [1.54, 1.807) is 10.9 Å². The molecular formula is C27H21N5O3. The zero-order valence-electron chi connectivity index (χ0n) is 18.9. The number of rotatable bonds is 5. The molecule has 6 rings (SSSR count). The molecule has 8 heteroatoms. The van der Waals surface area contributed by atoms with E-state index < -0.39 is 5.76 Å². The van der Waals surface area contributed by atoms with Gasteiger partial charge < -0.3 is 9.73 Å². The summed E-state index contributed by atoms with van der Waals surface area (Å²) in [4.78, 5) is 25.5. The number of benzene rings is 3. The topological polar surface area (TPSA) is 94.9 Å². The Labute approximate surface area is 200 Å². The SMILES string of the molecule is Cc1c(-c2nn(CC(=O)NC3c4ccccc4-c4ccccc43)c(=O)o2)cnn1-c1ccccc1. The third kappa shape index (κ3) is 3.56. The van der Waals surface area contributed by atoms with E-state index in [9.17, 15) is 9.59 Å². The Morgan fingerprint density at radius 3 is 2.23 bits per heavy atom. The first-order valence-corrected chi connectivity index (χ1v) is 11.3. The van der Waals surface area contributed by atoms with Gasteiger partial charge >= 0.3 is 5.76 Å². The van der Waals surface area contributed by atoms with Crippen LogP contribution in [0.5, 0.6) is 0 Å². The third-order valence-corrected chi connectivity index (χ3v) is 6.28. The van der Waals surface area contributed by atoms with Gasteiger partial charge in [0.05, 0.1) is 29.2 Å². The van der Waals surface area contributed by atoms with E-state index in [-0.39, 0.29) is 24.4 Å². The van der Waals surface area contributed by atoms with Gasteiger partial charge in [-0.05, 0) is 41.3 Å². The van der Waals surface area contributed by atoms with Crippen LogP contribution in [0, 0.1) is 6.92 Å². The molecule has 172 valence electrons. The smallest absolute Gasteiger partial charge is 0.387 e. The largest absolute Gasteiger partial charge is 0.437 e. The molecule has 0 radical (unpaired) electrons. The molecule has 0 unspecified atom stereocenters. The van der Waals surface area contributed by atoms with Crippen molar-refractivity contribution in [1.82, 2.24) is 24.9 Å². The van der Waals surface area contributed by atoms with Gasteiger partial charge in [-0.25, -0.2) is 9.48 Å². The van der Waals surface area contributed by atoms with Gasteiger partial charge in [0.2, 0.25) is 5.91 Å². The number of hydrogen-bond acceptors (Lipinski definition) is 5. The van der Waals surface area contributed by atoms with Crippen molar-refractivity contribution in [3.63, 3.8) is 0 Å². The first-order chi connectivity index (χ1) is 17.1. The van der Waals surface area contributed by atoms with Crippen molar-refractivity contribution in [2.45, 2.75) is 19.5 Å². The molecule has 5 aromatic rings. The van der Waals surface area contributed by atoms with Gasteiger partial charge in [0.1, 0.15) is 6.54 Å². The fourth-order valence-corrected chi connectivity index (χ4v) is 4.62. The fourth-order valence-electron chi connectivity index (χ4n) is 4.62. The maximum absolute atomic E-state index is 13.0. The number of amides is 1. The summed E-state index contributed by atoms with van der Waals surface area (Å²) in [6.07, 6.45) is 1.60.